The number of hydrogen-bond donors (Lipinski definition) is 2. The Kier molecular flexibility index (Phi) is 4.32. The molecule has 0 aromatic carbocycles. The molecule has 1 aromatic rings. The molecule has 0 fully saturated rings. The van der Waals surface area contributed by atoms with Gasteiger partial charge < -0.3 is 10.8 Å². The fraction of sp³-hybridized carbons (Fsp3) is 0.333. The first-order valence-electron chi connectivity index (χ1n) is 4.29. The third-order valence-electron chi connectivity index (χ3n) is 1.86. The summed E-state index contributed by atoms with van der Waals surface area (Å²) in [4.78, 5) is 14.3. The van der Waals surface area contributed by atoms with E-state index in [1.807, 2.05) is 0 Å². The molecule has 3 N–H and O–H groups in total. The number of nitrogens with zero attached hydrogens (tertiary/aromatic N) is 1. The first-order valence-corrected chi connectivity index (χ1v) is 5.04. The van der Waals surface area contributed by atoms with Crippen LogP contribution in [0.3, 0.4) is 0 Å². The number of carboxylic acids is 1. The Morgan fingerprint density at radius 1 is 1.60 bits per heavy atom. The van der Waals surface area contributed by atoms with Gasteiger partial charge in [-0.3, -0.25) is 9.78 Å². The summed E-state index contributed by atoms with van der Waals surface area (Å²) < 4.78 is 0. The predicted octanol–water partition coefficient (Wildman–Crippen LogP) is 2.25. The van der Waals surface area contributed by atoms with E-state index >= 15 is 0 Å². The summed E-state index contributed by atoms with van der Waals surface area (Å²) in [6, 6.07) is 1.05. The van der Waals surface area contributed by atoms with Crippen LogP contribution in [0.4, 0.5) is 0 Å². The van der Waals surface area contributed by atoms with Gasteiger partial charge in [0.2, 0.25) is 0 Å². The molecule has 15 heavy (non-hydrogen) atoms. The molecule has 0 aliphatic heterocycles. The third-order valence-corrected chi connectivity index (χ3v) is 2.37. The standard InChI is InChI=1S/C9H10Cl2N2O2/c10-5-3-6(11)9(13-4-5)7(12)1-2-8(14)15/h3-4,7H,1-2,12H2,(H,14,15). The van der Waals surface area contributed by atoms with E-state index in [2.05, 4.69) is 4.98 Å². The van der Waals surface area contributed by atoms with Crippen LogP contribution in [0, 0.1) is 0 Å². The number of carbonyl (C=O) groups is 1. The molecule has 4 nitrogen and oxygen atoms in total. The van der Waals surface area contributed by atoms with Gasteiger partial charge in [-0.05, 0) is 12.5 Å². The van der Waals surface area contributed by atoms with Gasteiger partial charge in [-0.15, -0.1) is 0 Å². The normalized spacial score (nSPS) is 12.5. The molecule has 0 radical (unpaired) electrons. The highest BCUT2D eigenvalue weighted by atomic mass is 35.5. The number of nitrogens with two attached hydrogens (primary N) is 1. The highest BCUT2D eigenvalue weighted by Gasteiger charge is 2.13. The Balaban J connectivity index is 2.73. The predicted molar refractivity (Wildman–Crippen MR) is 58.1 cm³/mol. The average molecular weight is 249 g/mol. The van der Waals surface area contributed by atoms with Crippen molar-refractivity contribution in [2.45, 2.75) is 18.9 Å². The average Bonchev–Trinajstić information content (AvgIpc) is 2.14. The Hall–Kier alpha value is -0.840. The van der Waals surface area contributed by atoms with E-state index < -0.39 is 12.0 Å². The van der Waals surface area contributed by atoms with Gasteiger partial charge in [0.25, 0.3) is 0 Å². The van der Waals surface area contributed by atoms with Gasteiger partial charge in [-0.2, -0.15) is 0 Å². The summed E-state index contributed by atoms with van der Waals surface area (Å²) in [5, 5.41) is 9.28. The molecule has 1 heterocycles. The summed E-state index contributed by atoms with van der Waals surface area (Å²) in [5.74, 6) is -0.893. The van der Waals surface area contributed by atoms with Crippen LogP contribution in [0.15, 0.2) is 12.3 Å². The lowest BCUT2D eigenvalue weighted by Crippen LogP contribution is -2.14. The molecule has 6 heteroatoms. The van der Waals surface area contributed by atoms with Gasteiger partial charge in [-0.25, -0.2) is 0 Å². The fourth-order valence-corrected chi connectivity index (χ4v) is 1.63. The summed E-state index contributed by atoms with van der Waals surface area (Å²) in [5.41, 5.74) is 6.22. The lowest BCUT2D eigenvalue weighted by atomic mass is 10.1. The quantitative estimate of drug-likeness (QED) is 0.857. The number of pyridine rings is 1. The lowest BCUT2D eigenvalue weighted by Gasteiger charge is -2.11. The van der Waals surface area contributed by atoms with Gasteiger partial charge in [0.1, 0.15) is 0 Å². The van der Waals surface area contributed by atoms with Crippen molar-refractivity contribution in [3.8, 4) is 0 Å². The molecular formula is C9H10Cl2N2O2. The van der Waals surface area contributed by atoms with Crippen LogP contribution in [0.2, 0.25) is 10.0 Å². The Morgan fingerprint density at radius 2 is 2.27 bits per heavy atom. The van der Waals surface area contributed by atoms with Gasteiger partial charge in [-0.1, -0.05) is 23.2 Å². The Bertz CT molecular complexity index is 371. The van der Waals surface area contributed by atoms with E-state index in [1.54, 1.807) is 0 Å². The number of aliphatic carboxylic acids is 1. The summed E-state index contributed by atoms with van der Waals surface area (Å²) in [6.45, 7) is 0. The van der Waals surface area contributed by atoms with Crippen LogP contribution in [0.5, 0.6) is 0 Å². The van der Waals surface area contributed by atoms with Crippen molar-refractivity contribution in [1.29, 1.82) is 0 Å². The molecule has 0 saturated heterocycles. The number of hydrogen-bond acceptors (Lipinski definition) is 3. The second-order valence-corrected chi connectivity index (χ2v) is 3.90. The molecule has 0 amide bonds. The van der Waals surface area contributed by atoms with Crippen molar-refractivity contribution in [3.05, 3.63) is 28.0 Å². The zero-order valence-corrected chi connectivity index (χ0v) is 9.29. The van der Waals surface area contributed by atoms with Crippen LogP contribution in [-0.2, 0) is 4.79 Å². The minimum absolute atomic E-state index is 0.0121. The number of halogens is 2. The van der Waals surface area contributed by atoms with Crippen molar-refractivity contribution in [2.75, 3.05) is 0 Å². The molecule has 0 aliphatic rings. The first kappa shape index (κ1) is 12.2. The van der Waals surface area contributed by atoms with E-state index in [1.165, 1.54) is 12.3 Å². The topological polar surface area (TPSA) is 76.2 Å². The lowest BCUT2D eigenvalue weighted by molar-refractivity contribution is -0.137. The summed E-state index contributed by atoms with van der Waals surface area (Å²) in [7, 11) is 0. The van der Waals surface area contributed by atoms with E-state index in [4.69, 9.17) is 34.0 Å². The molecule has 82 valence electrons. The van der Waals surface area contributed by atoms with E-state index in [9.17, 15) is 4.79 Å². The van der Waals surface area contributed by atoms with Crippen LogP contribution in [0.25, 0.3) is 0 Å². The van der Waals surface area contributed by atoms with Crippen molar-refractivity contribution in [3.63, 3.8) is 0 Å². The van der Waals surface area contributed by atoms with Crippen molar-refractivity contribution in [1.82, 2.24) is 4.98 Å². The van der Waals surface area contributed by atoms with Crippen LogP contribution in [0.1, 0.15) is 24.6 Å². The molecule has 0 bridgehead atoms. The maximum Gasteiger partial charge on any atom is 0.303 e. The third kappa shape index (κ3) is 3.66. The molecule has 1 aromatic heterocycles. The van der Waals surface area contributed by atoms with Gasteiger partial charge >= 0.3 is 5.97 Å². The van der Waals surface area contributed by atoms with Gasteiger partial charge in [0.15, 0.2) is 0 Å². The van der Waals surface area contributed by atoms with Gasteiger partial charge in [0.05, 0.1) is 15.7 Å². The van der Waals surface area contributed by atoms with Crippen molar-refractivity contribution < 1.29 is 9.90 Å². The molecule has 0 aliphatic carbocycles. The van der Waals surface area contributed by atoms with E-state index in [-0.39, 0.29) is 6.42 Å². The highest BCUT2D eigenvalue weighted by Crippen LogP contribution is 2.24. The maximum atomic E-state index is 10.3. The number of carboxylic acid groups (broad SMARTS) is 1. The zero-order chi connectivity index (χ0) is 11.4. The molecule has 0 saturated carbocycles. The van der Waals surface area contributed by atoms with Crippen molar-refractivity contribution >= 4 is 29.2 Å². The van der Waals surface area contributed by atoms with Crippen molar-refractivity contribution in [2.24, 2.45) is 5.73 Å². The molecule has 1 rings (SSSR count). The first-order chi connectivity index (χ1) is 7.00. The van der Waals surface area contributed by atoms with Gasteiger partial charge in [0, 0.05) is 18.7 Å². The molecule has 1 unspecified atom stereocenters. The summed E-state index contributed by atoms with van der Waals surface area (Å²) in [6.07, 6.45) is 1.72. The Morgan fingerprint density at radius 3 is 2.80 bits per heavy atom. The maximum absolute atomic E-state index is 10.3. The van der Waals surface area contributed by atoms with E-state index in [0.29, 0.717) is 22.2 Å². The molecular weight excluding hydrogens is 239 g/mol. The minimum Gasteiger partial charge on any atom is -0.481 e. The van der Waals surface area contributed by atoms with E-state index in [0.717, 1.165) is 0 Å². The minimum atomic E-state index is -0.893. The SMILES string of the molecule is NC(CCC(=O)O)c1ncc(Cl)cc1Cl. The molecule has 1 atom stereocenters. The fourth-order valence-electron chi connectivity index (χ4n) is 1.11. The zero-order valence-electron chi connectivity index (χ0n) is 7.78. The smallest absolute Gasteiger partial charge is 0.303 e. The van der Waals surface area contributed by atoms with Crippen LogP contribution < -0.4 is 5.73 Å². The highest BCUT2D eigenvalue weighted by molar-refractivity contribution is 6.34. The second-order valence-electron chi connectivity index (χ2n) is 3.06. The van der Waals surface area contributed by atoms with Crippen LogP contribution >= 0.6 is 23.2 Å². The van der Waals surface area contributed by atoms with Crippen LogP contribution in [-0.4, -0.2) is 16.1 Å². The Labute approximate surface area is 97.0 Å². The monoisotopic (exact) mass is 248 g/mol. The number of aromatic nitrogens is 1. The summed E-state index contributed by atoms with van der Waals surface area (Å²) >= 11 is 11.5. The second kappa shape index (κ2) is 5.30. The number of rotatable bonds is 4. The largest absolute Gasteiger partial charge is 0.481 e. The molecule has 0 spiro atoms.